The van der Waals surface area contributed by atoms with Gasteiger partial charge in [0.2, 0.25) is 0 Å². The van der Waals surface area contributed by atoms with Crippen molar-refractivity contribution in [1.29, 1.82) is 0 Å². The first kappa shape index (κ1) is 16.6. The summed E-state index contributed by atoms with van der Waals surface area (Å²) in [4.78, 5) is 14.7. The summed E-state index contributed by atoms with van der Waals surface area (Å²) < 4.78 is 0. The molecule has 1 saturated heterocycles. The summed E-state index contributed by atoms with van der Waals surface area (Å²) in [7, 11) is 0. The third kappa shape index (κ3) is 4.60. The van der Waals surface area contributed by atoms with Crippen LogP contribution in [0.25, 0.3) is 0 Å². The highest BCUT2D eigenvalue weighted by Crippen LogP contribution is 2.22. The predicted molar refractivity (Wildman–Crippen MR) is 88.2 cm³/mol. The zero-order valence-corrected chi connectivity index (χ0v) is 14.0. The Hall–Kier alpha value is -0.770. The highest BCUT2D eigenvalue weighted by molar-refractivity contribution is 6.35. The summed E-state index contributed by atoms with van der Waals surface area (Å²) in [5, 5.41) is 4.35. The number of nitrogens with zero attached hydrogens (tertiary/aromatic N) is 1. The monoisotopic (exact) mass is 328 g/mol. The summed E-state index contributed by atoms with van der Waals surface area (Å²) in [6.07, 6.45) is 2.24. The minimum atomic E-state index is 0.00735. The SMILES string of the molecule is CC(C)N(CC1CCNCC1)C(=O)c1cc(Cl)cc(Cl)c1. The lowest BCUT2D eigenvalue weighted by molar-refractivity contribution is 0.0658. The molecular formula is C16H22Cl2N2O. The van der Waals surface area contributed by atoms with Gasteiger partial charge in [-0.3, -0.25) is 4.79 Å². The number of benzene rings is 1. The summed E-state index contributed by atoms with van der Waals surface area (Å²) in [5.41, 5.74) is 0.565. The lowest BCUT2D eigenvalue weighted by atomic mass is 9.96. The van der Waals surface area contributed by atoms with Crippen LogP contribution in [0, 0.1) is 5.92 Å². The van der Waals surface area contributed by atoms with Gasteiger partial charge in [-0.05, 0) is 63.9 Å². The molecule has 2 rings (SSSR count). The molecular weight excluding hydrogens is 307 g/mol. The average Bonchev–Trinajstić information content (AvgIpc) is 2.44. The van der Waals surface area contributed by atoms with Crippen LogP contribution in [0.5, 0.6) is 0 Å². The first-order valence-electron chi connectivity index (χ1n) is 7.45. The first-order chi connectivity index (χ1) is 9.97. The normalized spacial score (nSPS) is 16.2. The molecule has 116 valence electrons. The fourth-order valence-electron chi connectivity index (χ4n) is 2.71. The van der Waals surface area contributed by atoms with Crippen LogP contribution in [0.4, 0.5) is 0 Å². The molecule has 0 saturated carbocycles. The van der Waals surface area contributed by atoms with Crippen molar-refractivity contribution in [3.63, 3.8) is 0 Å². The van der Waals surface area contributed by atoms with Crippen LogP contribution < -0.4 is 5.32 Å². The fraction of sp³-hybridized carbons (Fsp3) is 0.562. The molecule has 0 unspecified atom stereocenters. The number of nitrogens with one attached hydrogen (secondary N) is 1. The second-order valence-corrected chi connectivity index (χ2v) is 6.78. The number of amides is 1. The van der Waals surface area contributed by atoms with Crippen molar-refractivity contribution in [1.82, 2.24) is 10.2 Å². The second kappa shape index (κ2) is 7.48. The van der Waals surface area contributed by atoms with Gasteiger partial charge < -0.3 is 10.2 Å². The van der Waals surface area contributed by atoms with Gasteiger partial charge in [0.25, 0.3) is 5.91 Å². The van der Waals surface area contributed by atoms with Gasteiger partial charge in [0, 0.05) is 28.2 Å². The largest absolute Gasteiger partial charge is 0.336 e. The lowest BCUT2D eigenvalue weighted by Crippen LogP contribution is -2.43. The lowest BCUT2D eigenvalue weighted by Gasteiger charge is -2.33. The van der Waals surface area contributed by atoms with E-state index in [2.05, 4.69) is 5.32 Å². The van der Waals surface area contributed by atoms with Gasteiger partial charge in [0.1, 0.15) is 0 Å². The minimum Gasteiger partial charge on any atom is -0.336 e. The maximum absolute atomic E-state index is 12.8. The Kier molecular flexibility index (Phi) is 5.91. The number of hydrogen-bond donors (Lipinski definition) is 1. The third-order valence-electron chi connectivity index (χ3n) is 3.91. The Balaban J connectivity index is 2.14. The molecule has 1 amide bonds. The molecule has 0 bridgehead atoms. The van der Waals surface area contributed by atoms with Gasteiger partial charge in [-0.2, -0.15) is 0 Å². The van der Waals surface area contributed by atoms with E-state index in [0.717, 1.165) is 32.5 Å². The van der Waals surface area contributed by atoms with Crippen LogP contribution in [0.3, 0.4) is 0 Å². The summed E-state index contributed by atoms with van der Waals surface area (Å²) in [5.74, 6) is 0.570. The highest BCUT2D eigenvalue weighted by Gasteiger charge is 2.24. The van der Waals surface area contributed by atoms with E-state index < -0.39 is 0 Å². The van der Waals surface area contributed by atoms with Gasteiger partial charge >= 0.3 is 0 Å². The van der Waals surface area contributed by atoms with Crippen LogP contribution in [0.15, 0.2) is 18.2 Å². The van der Waals surface area contributed by atoms with Gasteiger partial charge in [0.05, 0.1) is 0 Å². The van der Waals surface area contributed by atoms with E-state index in [1.807, 2.05) is 18.7 Å². The molecule has 3 nitrogen and oxygen atoms in total. The fourth-order valence-corrected chi connectivity index (χ4v) is 3.24. The first-order valence-corrected chi connectivity index (χ1v) is 8.20. The zero-order valence-electron chi connectivity index (χ0n) is 12.5. The Bertz CT molecular complexity index is 479. The van der Waals surface area contributed by atoms with Crippen molar-refractivity contribution < 1.29 is 4.79 Å². The topological polar surface area (TPSA) is 32.3 Å². The molecule has 1 aliphatic heterocycles. The van der Waals surface area contributed by atoms with E-state index in [1.165, 1.54) is 0 Å². The molecule has 0 spiro atoms. The third-order valence-corrected chi connectivity index (χ3v) is 4.34. The quantitative estimate of drug-likeness (QED) is 0.910. The van der Waals surface area contributed by atoms with Crippen molar-refractivity contribution in [2.75, 3.05) is 19.6 Å². The van der Waals surface area contributed by atoms with Crippen LogP contribution in [0.1, 0.15) is 37.0 Å². The van der Waals surface area contributed by atoms with E-state index in [0.29, 0.717) is 21.5 Å². The van der Waals surface area contributed by atoms with Crippen LogP contribution >= 0.6 is 23.2 Å². The highest BCUT2D eigenvalue weighted by atomic mass is 35.5. The zero-order chi connectivity index (χ0) is 15.4. The van der Waals surface area contributed by atoms with Gasteiger partial charge in [-0.15, -0.1) is 0 Å². The number of hydrogen-bond acceptors (Lipinski definition) is 2. The molecule has 1 aromatic carbocycles. The molecule has 0 aromatic heterocycles. The molecule has 1 N–H and O–H groups in total. The Labute approximate surface area is 136 Å². The van der Waals surface area contributed by atoms with E-state index in [4.69, 9.17) is 23.2 Å². The number of piperidine rings is 1. The van der Waals surface area contributed by atoms with Crippen LogP contribution in [0.2, 0.25) is 10.0 Å². The molecule has 0 atom stereocenters. The molecule has 5 heteroatoms. The van der Waals surface area contributed by atoms with E-state index >= 15 is 0 Å². The minimum absolute atomic E-state index is 0.00735. The maximum atomic E-state index is 12.8. The van der Waals surface area contributed by atoms with Crippen molar-refractivity contribution >= 4 is 29.1 Å². The van der Waals surface area contributed by atoms with Crippen molar-refractivity contribution in [2.24, 2.45) is 5.92 Å². The molecule has 1 aromatic rings. The smallest absolute Gasteiger partial charge is 0.254 e. The molecule has 1 heterocycles. The predicted octanol–water partition coefficient (Wildman–Crippen LogP) is 3.84. The van der Waals surface area contributed by atoms with Crippen LogP contribution in [-0.2, 0) is 0 Å². The molecule has 1 aliphatic rings. The Morgan fingerprint density at radius 1 is 1.24 bits per heavy atom. The van der Waals surface area contributed by atoms with E-state index in [-0.39, 0.29) is 11.9 Å². The number of carbonyl (C=O) groups excluding carboxylic acids is 1. The van der Waals surface area contributed by atoms with Crippen molar-refractivity contribution in [2.45, 2.75) is 32.7 Å². The second-order valence-electron chi connectivity index (χ2n) is 5.90. The van der Waals surface area contributed by atoms with Crippen molar-refractivity contribution in [3.05, 3.63) is 33.8 Å². The van der Waals surface area contributed by atoms with E-state index in [9.17, 15) is 4.79 Å². The summed E-state index contributed by atoms with van der Waals surface area (Å²) in [6.45, 7) is 6.96. The standard InChI is InChI=1S/C16H22Cl2N2O/c1-11(2)20(10-12-3-5-19-6-4-12)16(21)13-7-14(17)9-15(18)8-13/h7-9,11-12,19H,3-6,10H2,1-2H3. The number of rotatable bonds is 4. The number of halogens is 2. The Morgan fingerprint density at radius 2 is 1.81 bits per heavy atom. The maximum Gasteiger partial charge on any atom is 0.254 e. The summed E-state index contributed by atoms with van der Waals surface area (Å²) >= 11 is 12.0. The molecule has 1 fully saturated rings. The molecule has 0 aliphatic carbocycles. The summed E-state index contributed by atoms with van der Waals surface area (Å²) in [6, 6.07) is 5.18. The Morgan fingerprint density at radius 3 is 2.33 bits per heavy atom. The van der Waals surface area contributed by atoms with Gasteiger partial charge in [0.15, 0.2) is 0 Å². The van der Waals surface area contributed by atoms with E-state index in [1.54, 1.807) is 18.2 Å². The molecule has 21 heavy (non-hydrogen) atoms. The van der Waals surface area contributed by atoms with Gasteiger partial charge in [-0.25, -0.2) is 0 Å². The van der Waals surface area contributed by atoms with Crippen molar-refractivity contribution in [3.8, 4) is 0 Å². The average molecular weight is 329 g/mol. The molecule has 0 radical (unpaired) electrons. The van der Waals surface area contributed by atoms with Gasteiger partial charge in [-0.1, -0.05) is 23.2 Å². The number of carbonyl (C=O) groups is 1. The van der Waals surface area contributed by atoms with Crippen LogP contribution in [-0.4, -0.2) is 36.5 Å².